The Morgan fingerprint density at radius 2 is 1.62 bits per heavy atom. The molecule has 0 radical (unpaired) electrons. The van der Waals surface area contributed by atoms with E-state index in [0.29, 0.717) is 21.7 Å². The molecule has 0 bridgehead atoms. The minimum absolute atomic E-state index is 0.414. The number of allylic oxidation sites excluding steroid dienone is 2. The van der Waals surface area contributed by atoms with Crippen molar-refractivity contribution in [1.29, 1.82) is 0 Å². The second-order valence-electron chi connectivity index (χ2n) is 14.8. The molecule has 0 spiro atoms. The lowest BCUT2D eigenvalue weighted by Gasteiger charge is -2.62. The fourth-order valence-corrected chi connectivity index (χ4v) is 9.88. The molecule has 1 nitrogen and oxygen atoms in total. The summed E-state index contributed by atoms with van der Waals surface area (Å²) in [5.74, 6) is 3.33. The molecule has 1 unspecified atom stereocenters. The fraction of sp³-hybridized carbons (Fsp3) is 0.935. The van der Waals surface area contributed by atoms with Gasteiger partial charge in [-0.15, -0.1) is 0 Å². The molecule has 184 valence electrons. The molecule has 0 aromatic rings. The van der Waals surface area contributed by atoms with E-state index in [0.717, 1.165) is 36.5 Å². The second kappa shape index (κ2) is 7.86. The van der Waals surface area contributed by atoms with E-state index in [1.54, 1.807) is 0 Å². The van der Waals surface area contributed by atoms with Gasteiger partial charge in [-0.1, -0.05) is 72.5 Å². The number of fused-ring (bicyclic) bond motifs is 4. The topological polar surface area (TPSA) is 20.2 Å². The van der Waals surface area contributed by atoms with Crippen LogP contribution in [-0.4, -0.2) is 10.7 Å². The Kier molecular flexibility index (Phi) is 6.09. The van der Waals surface area contributed by atoms with Gasteiger partial charge >= 0.3 is 0 Å². The maximum absolute atomic E-state index is 10.2. The first-order valence-electron chi connectivity index (χ1n) is 14.1. The molecule has 4 rings (SSSR count). The SMILES string of the molecule is C[C@H](CCCC(C)(C)O)[C@H]1CC[C@@]2(C)C3=C(CC[C@]12C)[C@@]1(C)CC[C@H](C)C(C)(C)C1CC3. The number of hydrogen-bond donors (Lipinski definition) is 1. The second-order valence-corrected chi connectivity index (χ2v) is 14.8. The highest BCUT2D eigenvalue weighted by molar-refractivity contribution is 5.38. The lowest BCUT2D eigenvalue weighted by Crippen LogP contribution is -2.53. The van der Waals surface area contributed by atoms with Crippen molar-refractivity contribution < 1.29 is 5.11 Å². The average Bonchev–Trinajstić information content (AvgIpc) is 2.96. The number of hydrogen-bond acceptors (Lipinski definition) is 1. The van der Waals surface area contributed by atoms with Crippen LogP contribution >= 0.6 is 0 Å². The Bertz CT molecular complexity index is 753. The zero-order valence-electron chi connectivity index (χ0n) is 23.0. The van der Waals surface area contributed by atoms with Crippen molar-refractivity contribution in [2.75, 3.05) is 0 Å². The first-order chi connectivity index (χ1) is 14.7. The summed E-state index contributed by atoms with van der Waals surface area (Å²) in [4.78, 5) is 0. The predicted octanol–water partition coefficient (Wildman–Crippen LogP) is 8.95. The number of rotatable bonds is 5. The molecule has 0 aromatic carbocycles. The molecule has 7 atom stereocenters. The zero-order chi connectivity index (χ0) is 23.7. The Balaban J connectivity index is 1.60. The van der Waals surface area contributed by atoms with Crippen molar-refractivity contribution in [3.63, 3.8) is 0 Å². The summed E-state index contributed by atoms with van der Waals surface area (Å²) in [6.07, 6.45) is 14.6. The van der Waals surface area contributed by atoms with Crippen molar-refractivity contribution in [1.82, 2.24) is 0 Å². The monoisotopic (exact) mass is 442 g/mol. The van der Waals surface area contributed by atoms with Gasteiger partial charge in [-0.2, -0.15) is 0 Å². The van der Waals surface area contributed by atoms with E-state index >= 15 is 0 Å². The van der Waals surface area contributed by atoms with Crippen molar-refractivity contribution in [3.8, 4) is 0 Å². The molecule has 0 aromatic heterocycles. The minimum atomic E-state index is -0.516. The van der Waals surface area contributed by atoms with Crippen LogP contribution in [0.25, 0.3) is 0 Å². The van der Waals surface area contributed by atoms with Crippen LogP contribution in [0, 0.1) is 45.3 Å². The van der Waals surface area contributed by atoms with Crippen LogP contribution in [0.2, 0.25) is 0 Å². The first-order valence-corrected chi connectivity index (χ1v) is 14.1. The lowest BCUT2D eigenvalue weighted by atomic mass is 9.42. The third-order valence-corrected chi connectivity index (χ3v) is 12.5. The average molecular weight is 443 g/mol. The van der Waals surface area contributed by atoms with Gasteiger partial charge in [0.15, 0.2) is 0 Å². The molecule has 4 aliphatic carbocycles. The molecule has 0 saturated heterocycles. The normalized spacial score (nSPS) is 44.6. The van der Waals surface area contributed by atoms with Crippen LogP contribution in [0.1, 0.15) is 133 Å². The molecule has 2 fully saturated rings. The maximum atomic E-state index is 10.2. The Labute approximate surface area is 200 Å². The summed E-state index contributed by atoms with van der Waals surface area (Å²) in [5.41, 5.74) is 5.14. The van der Waals surface area contributed by atoms with Crippen LogP contribution in [0.15, 0.2) is 11.1 Å². The standard InChI is InChI=1S/C31H54O/c1-21(11-10-17-27(3,4)32)23-15-19-31(9)25-12-13-26-28(5,6)22(2)14-18-29(26,7)24(25)16-20-30(23,31)8/h21-23,26,32H,10-20H2,1-9H3/t21-,22+,23-,26?,29-,30-,31+/m1/s1. The number of aliphatic hydroxyl groups is 1. The van der Waals surface area contributed by atoms with Crippen molar-refractivity contribution in [3.05, 3.63) is 11.1 Å². The van der Waals surface area contributed by atoms with Crippen molar-refractivity contribution in [2.24, 2.45) is 45.3 Å². The van der Waals surface area contributed by atoms with Gasteiger partial charge in [0, 0.05) is 0 Å². The van der Waals surface area contributed by atoms with Gasteiger partial charge < -0.3 is 5.11 Å². The molecule has 1 N–H and O–H groups in total. The van der Waals surface area contributed by atoms with Gasteiger partial charge in [0.1, 0.15) is 0 Å². The van der Waals surface area contributed by atoms with Gasteiger partial charge in [0.2, 0.25) is 0 Å². The van der Waals surface area contributed by atoms with E-state index in [-0.39, 0.29) is 0 Å². The third kappa shape index (κ3) is 3.58. The van der Waals surface area contributed by atoms with Crippen molar-refractivity contribution in [2.45, 2.75) is 139 Å². The zero-order valence-corrected chi connectivity index (χ0v) is 23.0. The van der Waals surface area contributed by atoms with Crippen LogP contribution in [0.3, 0.4) is 0 Å². The van der Waals surface area contributed by atoms with E-state index in [2.05, 4.69) is 48.5 Å². The molecule has 0 amide bonds. The predicted molar refractivity (Wildman–Crippen MR) is 138 cm³/mol. The van der Waals surface area contributed by atoms with E-state index < -0.39 is 5.60 Å². The summed E-state index contributed by atoms with van der Waals surface area (Å²) in [6, 6.07) is 0. The van der Waals surface area contributed by atoms with Gasteiger partial charge in [-0.25, -0.2) is 0 Å². The first kappa shape index (κ1) is 24.8. The van der Waals surface area contributed by atoms with Gasteiger partial charge in [-0.3, -0.25) is 0 Å². The molecule has 4 aliphatic rings. The molecule has 2 saturated carbocycles. The van der Waals surface area contributed by atoms with Crippen LogP contribution in [0.4, 0.5) is 0 Å². The summed E-state index contributed by atoms with van der Waals surface area (Å²) in [6.45, 7) is 22.2. The summed E-state index contributed by atoms with van der Waals surface area (Å²) in [5, 5.41) is 10.2. The lowest BCUT2D eigenvalue weighted by molar-refractivity contribution is -0.0483. The van der Waals surface area contributed by atoms with Crippen molar-refractivity contribution >= 4 is 0 Å². The highest BCUT2D eigenvalue weighted by Gasteiger charge is 2.62. The van der Waals surface area contributed by atoms with E-state index in [9.17, 15) is 5.11 Å². The summed E-state index contributed by atoms with van der Waals surface area (Å²) in [7, 11) is 0. The fourth-order valence-electron chi connectivity index (χ4n) is 9.88. The van der Waals surface area contributed by atoms with Crippen LogP contribution in [0.5, 0.6) is 0 Å². The van der Waals surface area contributed by atoms with Crippen LogP contribution in [-0.2, 0) is 0 Å². The molecular formula is C31H54O. The molecule has 1 heteroatoms. The van der Waals surface area contributed by atoms with Gasteiger partial charge in [0.25, 0.3) is 0 Å². The highest BCUT2D eigenvalue weighted by Crippen LogP contribution is 2.72. The molecule has 32 heavy (non-hydrogen) atoms. The largest absolute Gasteiger partial charge is 0.390 e. The van der Waals surface area contributed by atoms with Gasteiger partial charge in [-0.05, 0) is 117 Å². The van der Waals surface area contributed by atoms with E-state index in [4.69, 9.17) is 0 Å². The maximum Gasteiger partial charge on any atom is 0.0591 e. The van der Waals surface area contributed by atoms with Crippen LogP contribution < -0.4 is 0 Å². The summed E-state index contributed by atoms with van der Waals surface area (Å²) < 4.78 is 0. The minimum Gasteiger partial charge on any atom is -0.390 e. The molecule has 0 aliphatic heterocycles. The van der Waals surface area contributed by atoms with Gasteiger partial charge in [0.05, 0.1) is 5.60 Å². The third-order valence-electron chi connectivity index (χ3n) is 12.5. The quantitative estimate of drug-likeness (QED) is 0.421. The smallest absolute Gasteiger partial charge is 0.0591 e. The summed E-state index contributed by atoms with van der Waals surface area (Å²) >= 11 is 0. The molecular weight excluding hydrogens is 388 g/mol. The van der Waals surface area contributed by atoms with E-state index in [1.807, 2.05) is 25.0 Å². The Morgan fingerprint density at radius 1 is 0.938 bits per heavy atom. The van der Waals surface area contributed by atoms with E-state index in [1.165, 1.54) is 57.8 Å². The Hall–Kier alpha value is -0.300. The Morgan fingerprint density at radius 3 is 2.28 bits per heavy atom. The molecule has 0 heterocycles. The highest BCUT2D eigenvalue weighted by atomic mass is 16.3.